The van der Waals surface area contributed by atoms with Gasteiger partial charge in [-0.1, -0.05) is 58.5 Å². The van der Waals surface area contributed by atoms with Crippen molar-refractivity contribution in [3.63, 3.8) is 0 Å². The van der Waals surface area contributed by atoms with Crippen molar-refractivity contribution in [1.29, 1.82) is 10.5 Å². The number of halogens is 4. The lowest BCUT2D eigenvalue weighted by atomic mass is 9.80. The predicted octanol–water partition coefficient (Wildman–Crippen LogP) is 9.88. The molecule has 16 nitrogen and oxygen atoms in total. The van der Waals surface area contributed by atoms with Crippen LogP contribution in [0, 0.1) is 46.3 Å². The van der Waals surface area contributed by atoms with Crippen LogP contribution in [0.5, 0.6) is 0 Å². The minimum Gasteiger partial charge on any atom is -0.381 e. The lowest BCUT2D eigenvalue weighted by Crippen LogP contribution is -2.55. The first kappa shape index (κ1) is 51.2. The topological polar surface area (TPSA) is 166 Å². The highest BCUT2D eigenvalue weighted by Crippen LogP contribution is 2.39. The number of nitrogens with zero attached hydrogens (tertiary/aromatic N) is 14. The van der Waals surface area contributed by atoms with Crippen LogP contribution in [-0.2, 0) is 9.47 Å². The minimum atomic E-state index is -0.235. The molecule has 74 heavy (non-hydrogen) atoms. The number of rotatable bonds is 10. The molecule has 388 valence electrons. The van der Waals surface area contributed by atoms with Gasteiger partial charge in [0.2, 0.25) is 0 Å². The van der Waals surface area contributed by atoms with Gasteiger partial charge < -0.3 is 19.3 Å². The monoisotopic (exact) mass is 1080 g/mol. The van der Waals surface area contributed by atoms with Crippen LogP contribution in [0.15, 0.2) is 48.8 Å². The first-order valence-electron chi connectivity index (χ1n) is 26.4. The number of anilines is 2. The lowest BCUT2D eigenvalue weighted by molar-refractivity contribution is 0.00865. The zero-order valence-electron chi connectivity index (χ0n) is 42.0. The molecule has 6 fully saturated rings. The molecule has 6 aliphatic rings. The van der Waals surface area contributed by atoms with E-state index in [1.807, 2.05) is 38.1 Å². The summed E-state index contributed by atoms with van der Waals surface area (Å²) < 4.78 is 14.7. The van der Waals surface area contributed by atoms with Crippen LogP contribution in [0.2, 0.25) is 20.1 Å². The SMILES string of the molecule is C[C@H](c1ccc(Cl)cc1Cl)n1nc(C#N)c2ncc(N3CC([C@@H]4CCCN(C5CCOCC5)C4)C3)nc21.C[C@H](c1ccc(Cl)cc1Cl)n1nc(C#N)c2ncc(N3CC([C@H]4CCCN(C5CCOCC5)C4)C3)nc21. The molecule has 0 N–H and O–H groups in total. The fraction of sp³-hybridized carbons (Fsp3) is 0.556. The summed E-state index contributed by atoms with van der Waals surface area (Å²) in [6.07, 6.45) is 13.4. The number of hydrogen-bond acceptors (Lipinski definition) is 14. The highest BCUT2D eigenvalue weighted by Gasteiger charge is 2.40. The molecule has 12 rings (SSSR count). The number of benzene rings is 2. The van der Waals surface area contributed by atoms with Crippen molar-refractivity contribution in [2.45, 2.75) is 89.4 Å². The van der Waals surface area contributed by atoms with Gasteiger partial charge in [0.25, 0.3) is 0 Å². The van der Waals surface area contributed by atoms with Crippen LogP contribution in [-0.4, -0.2) is 140 Å². The lowest BCUT2D eigenvalue weighted by Gasteiger charge is -2.48. The summed E-state index contributed by atoms with van der Waals surface area (Å²) in [5.74, 6) is 4.47. The smallest absolute Gasteiger partial charge is 0.190 e. The quantitative estimate of drug-likeness (QED) is 0.127. The average molecular weight is 1080 g/mol. The number of nitriles is 2. The van der Waals surface area contributed by atoms with Crippen molar-refractivity contribution < 1.29 is 9.47 Å². The molecular formula is C54H62Cl4N14O2. The fourth-order valence-corrected chi connectivity index (χ4v) is 13.5. The summed E-state index contributed by atoms with van der Waals surface area (Å²) in [5.41, 5.74) is 4.48. The van der Waals surface area contributed by atoms with Crippen molar-refractivity contribution >= 4 is 80.4 Å². The minimum absolute atomic E-state index is 0.235. The van der Waals surface area contributed by atoms with Gasteiger partial charge in [0.05, 0.1) is 24.5 Å². The molecule has 6 saturated heterocycles. The zero-order chi connectivity index (χ0) is 51.0. The molecule has 0 amide bonds. The van der Waals surface area contributed by atoms with E-state index in [0.29, 0.717) is 66.3 Å². The van der Waals surface area contributed by atoms with Gasteiger partial charge in [0.1, 0.15) is 34.8 Å². The third-order valence-electron chi connectivity index (χ3n) is 16.7. The summed E-state index contributed by atoms with van der Waals surface area (Å²) in [5, 5.41) is 30.7. The average Bonchev–Trinajstić information content (AvgIpc) is 3.96. The molecule has 10 heterocycles. The second kappa shape index (κ2) is 22.4. The molecule has 0 spiro atoms. The Labute approximate surface area is 452 Å². The molecule has 20 heteroatoms. The third kappa shape index (κ3) is 10.5. The van der Waals surface area contributed by atoms with Crippen LogP contribution < -0.4 is 9.80 Å². The van der Waals surface area contributed by atoms with Gasteiger partial charge in [-0.25, -0.2) is 29.3 Å². The molecule has 4 atom stereocenters. The summed E-state index contributed by atoms with van der Waals surface area (Å²) in [6, 6.07) is 16.1. The van der Waals surface area contributed by atoms with Gasteiger partial charge in [-0.05, 0) is 137 Å². The summed E-state index contributed by atoms with van der Waals surface area (Å²) >= 11 is 25.2. The Morgan fingerprint density at radius 2 is 0.959 bits per heavy atom. The van der Waals surface area contributed by atoms with Crippen LogP contribution in [0.25, 0.3) is 22.3 Å². The molecule has 0 radical (unpaired) electrons. The van der Waals surface area contributed by atoms with Crippen molar-refractivity contribution in [3.05, 3.63) is 91.4 Å². The summed E-state index contributed by atoms with van der Waals surface area (Å²) in [4.78, 5) is 29.2. The third-order valence-corrected chi connectivity index (χ3v) is 17.9. The van der Waals surface area contributed by atoms with Gasteiger partial charge in [-0.2, -0.15) is 20.7 Å². The van der Waals surface area contributed by atoms with Crippen LogP contribution in [0.4, 0.5) is 11.6 Å². The number of piperidine rings is 2. The van der Waals surface area contributed by atoms with E-state index in [0.717, 1.165) is 113 Å². The standard InChI is InChI=1S/2C27H31Cl2N7O/c2*1-17(22-5-4-20(28)11-23(22)29)36-27-26(24(12-30)33-36)31-13-25(32-27)35-15-19(16-35)18-3-2-8-34(14-18)21-6-9-37-10-7-21/h2*4-5,11,13,17-19,21H,2-3,6-10,14-16H2,1H3/t17-,18+;17-,18-/m11/s1. The highest BCUT2D eigenvalue weighted by molar-refractivity contribution is 6.35. The first-order valence-corrected chi connectivity index (χ1v) is 27.9. The van der Waals surface area contributed by atoms with Gasteiger partial charge in [0, 0.05) is 97.9 Å². The summed E-state index contributed by atoms with van der Waals surface area (Å²) in [7, 11) is 0. The maximum Gasteiger partial charge on any atom is 0.190 e. The van der Waals surface area contributed by atoms with Crippen LogP contribution in [0.3, 0.4) is 0 Å². The van der Waals surface area contributed by atoms with Gasteiger partial charge in [0.15, 0.2) is 22.7 Å². The molecular weight excluding hydrogens is 1020 g/mol. The maximum absolute atomic E-state index is 9.66. The predicted molar refractivity (Wildman–Crippen MR) is 288 cm³/mol. The molecule has 6 aliphatic heterocycles. The number of ether oxygens (including phenoxy) is 2. The molecule has 0 aliphatic carbocycles. The van der Waals surface area contributed by atoms with E-state index in [2.05, 4.69) is 51.9 Å². The normalized spacial score (nSPS) is 22.6. The molecule has 0 saturated carbocycles. The van der Waals surface area contributed by atoms with E-state index >= 15 is 0 Å². The van der Waals surface area contributed by atoms with E-state index in [4.69, 9.17) is 65.8 Å². The van der Waals surface area contributed by atoms with E-state index in [1.165, 1.54) is 51.9 Å². The Kier molecular flexibility index (Phi) is 15.5. The molecule has 0 unspecified atom stereocenters. The van der Waals surface area contributed by atoms with Crippen molar-refractivity contribution in [2.75, 3.05) is 88.6 Å². The van der Waals surface area contributed by atoms with Gasteiger partial charge in [-0.15, -0.1) is 0 Å². The van der Waals surface area contributed by atoms with Crippen LogP contribution in [0.1, 0.15) is 99.8 Å². The summed E-state index contributed by atoms with van der Waals surface area (Å²) in [6.45, 7) is 16.4. The van der Waals surface area contributed by atoms with E-state index < -0.39 is 0 Å². The number of likely N-dealkylation sites (tertiary alicyclic amines) is 2. The van der Waals surface area contributed by atoms with E-state index in [9.17, 15) is 10.5 Å². The molecule has 0 bridgehead atoms. The number of fused-ring (bicyclic) bond motifs is 2. The first-order chi connectivity index (χ1) is 36.0. The zero-order valence-corrected chi connectivity index (χ0v) is 45.0. The van der Waals surface area contributed by atoms with Crippen molar-refractivity contribution in [1.82, 2.24) is 49.3 Å². The van der Waals surface area contributed by atoms with E-state index in [-0.39, 0.29) is 23.5 Å². The number of aromatic nitrogens is 8. The molecule has 2 aromatic carbocycles. The fourth-order valence-electron chi connectivity index (χ4n) is 12.3. The van der Waals surface area contributed by atoms with Gasteiger partial charge in [-0.3, -0.25) is 9.80 Å². The maximum atomic E-state index is 9.66. The number of hydrogen-bond donors (Lipinski definition) is 0. The van der Waals surface area contributed by atoms with Crippen LogP contribution >= 0.6 is 46.4 Å². The second-order valence-electron chi connectivity index (χ2n) is 21.1. The second-order valence-corrected chi connectivity index (χ2v) is 22.8. The van der Waals surface area contributed by atoms with Gasteiger partial charge >= 0.3 is 0 Å². The Morgan fingerprint density at radius 1 is 0.554 bits per heavy atom. The largest absolute Gasteiger partial charge is 0.381 e. The molecule has 6 aromatic rings. The molecule has 4 aromatic heterocycles. The Bertz CT molecular complexity index is 2860. The Balaban J connectivity index is 0.000000159. The highest BCUT2D eigenvalue weighted by atomic mass is 35.5. The Morgan fingerprint density at radius 3 is 1.34 bits per heavy atom. The Hall–Kier alpha value is -4.88. The van der Waals surface area contributed by atoms with E-state index in [1.54, 1.807) is 33.9 Å². The van der Waals surface area contributed by atoms with Crippen molar-refractivity contribution in [3.8, 4) is 12.1 Å². The van der Waals surface area contributed by atoms with Crippen molar-refractivity contribution in [2.24, 2.45) is 23.7 Å².